The summed E-state index contributed by atoms with van der Waals surface area (Å²) in [5.41, 5.74) is 1.24. The second kappa shape index (κ2) is 6.64. The molecule has 0 aliphatic carbocycles. The number of aliphatic hydroxyl groups excluding tert-OH is 1. The summed E-state index contributed by atoms with van der Waals surface area (Å²) in [7, 11) is 0. The van der Waals surface area contributed by atoms with E-state index in [0.29, 0.717) is 22.1 Å². The quantitative estimate of drug-likeness (QED) is 0.773. The summed E-state index contributed by atoms with van der Waals surface area (Å²) < 4.78 is 1.54. The van der Waals surface area contributed by atoms with Crippen LogP contribution < -0.4 is 5.32 Å². The number of hydrogen-bond donors (Lipinski definition) is 2. The molecular formula is C17H14ClN3O2. The van der Waals surface area contributed by atoms with Crippen LogP contribution in [0.2, 0.25) is 5.02 Å². The summed E-state index contributed by atoms with van der Waals surface area (Å²) in [5.74, 6) is -0.0766. The lowest BCUT2D eigenvalue weighted by molar-refractivity contribution is -0.124. The highest BCUT2D eigenvalue weighted by atomic mass is 35.5. The van der Waals surface area contributed by atoms with E-state index in [1.165, 1.54) is 0 Å². The van der Waals surface area contributed by atoms with Crippen molar-refractivity contribution in [2.24, 2.45) is 0 Å². The maximum Gasteiger partial charge on any atom is 0.258 e. The predicted molar refractivity (Wildman–Crippen MR) is 88.6 cm³/mol. The van der Waals surface area contributed by atoms with Crippen LogP contribution in [0.1, 0.15) is 11.7 Å². The summed E-state index contributed by atoms with van der Waals surface area (Å²) in [6.45, 7) is 0. The lowest BCUT2D eigenvalue weighted by Crippen LogP contribution is -2.22. The van der Waals surface area contributed by atoms with Gasteiger partial charge < -0.3 is 10.4 Å². The molecule has 0 aliphatic heterocycles. The van der Waals surface area contributed by atoms with Gasteiger partial charge in [0, 0.05) is 11.1 Å². The molecule has 0 saturated heterocycles. The maximum atomic E-state index is 12.2. The van der Waals surface area contributed by atoms with E-state index in [-0.39, 0.29) is 0 Å². The van der Waals surface area contributed by atoms with Gasteiger partial charge in [-0.1, -0.05) is 48.0 Å². The van der Waals surface area contributed by atoms with Crippen LogP contribution in [0.5, 0.6) is 0 Å². The minimum Gasteiger partial charge on any atom is -0.378 e. The molecule has 3 aromatic rings. The molecule has 0 aliphatic rings. The van der Waals surface area contributed by atoms with E-state index in [4.69, 9.17) is 11.6 Å². The van der Waals surface area contributed by atoms with E-state index in [0.717, 1.165) is 0 Å². The molecule has 116 valence electrons. The number of nitrogens with zero attached hydrogens (tertiary/aromatic N) is 2. The third-order valence-electron chi connectivity index (χ3n) is 3.31. The van der Waals surface area contributed by atoms with Crippen molar-refractivity contribution in [1.82, 2.24) is 9.78 Å². The summed E-state index contributed by atoms with van der Waals surface area (Å²) in [6, 6.07) is 17.5. The molecule has 0 spiro atoms. The zero-order valence-electron chi connectivity index (χ0n) is 12.1. The van der Waals surface area contributed by atoms with Crippen LogP contribution in [-0.4, -0.2) is 20.8 Å². The van der Waals surface area contributed by atoms with Gasteiger partial charge in [0.15, 0.2) is 6.10 Å². The first-order valence-electron chi connectivity index (χ1n) is 6.99. The van der Waals surface area contributed by atoms with Gasteiger partial charge in [0.05, 0.1) is 11.9 Å². The van der Waals surface area contributed by atoms with Gasteiger partial charge in [0.25, 0.3) is 5.91 Å². The van der Waals surface area contributed by atoms with Crippen LogP contribution in [0.25, 0.3) is 5.69 Å². The largest absolute Gasteiger partial charge is 0.378 e. The molecule has 0 radical (unpaired) electrons. The van der Waals surface area contributed by atoms with Gasteiger partial charge >= 0.3 is 0 Å². The first-order valence-corrected chi connectivity index (χ1v) is 7.37. The van der Waals surface area contributed by atoms with Crippen LogP contribution >= 0.6 is 11.6 Å². The molecule has 1 aromatic heterocycles. The predicted octanol–water partition coefficient (Wildman–Crippen LogP) is 3.20. The van der Waals surface area contributed by atoms with Crippen molar-refractivity contribution in [3.8, 4) is 5.69 Å². The van der Waals surface area contributed by atoms with Crippen molar-refractivity contribution < 1.29 is 9.90 Å². The summed E-state index contributed by atoms with van der Waals surface area (Å²) >= 11 is 5.98. The molecule has 0 bridgehead atoms. The van der Waals surface area contributed by atoms with Crippen molar-refractivity contribution in [3.63, 3.8) is 0 Å². The molecule has 5 nitrogen and oxygen atoms in total. The number of benzene rings is 2. The Morgan fingerprint density at radius 2 is 1.91 bits per heavy atom. The highest BCUT2D eigenvalue weighted by molar-refractivity contribution is 6.30. The normalized spacial score (nSPS) is 11.9. The second-order valence-corrected chi connectivity index (χ2v) is 5.35. The van der Waals surface area contributed by atoms with E-state index in [1.807, 2.05) is 12.1 Å². The average Bonchev–Trinajstić information content (AvgIpc) is 3.03. The Morgan fingerprint density at radius 1 is 1.13 bits per heavy atom. The highest BCUT2D eigenvalue weighted by Crippen LogP contribution is 2.20. The molecule has 3 rings (SSSR count). The van der Waals surface area contributed by atoms with E-state index in [2.05, 4.69) is 10.4 Å². The number of hydrogen-bond acceptors (Lipinski definition) is 3. The Balaban J connectivity index is 1.82. The molecule has 0 fully saturated rings. The van der Waals surface area contributed by atoms with Gasteiger partial charge in [-0.3, -0.25) is 4.79 Å². The lowest BCUT2D eigenvalue weighted by Gasteiger charge is -2.13. The van der Waals surface area contributed by atoms with E-state index >= 15 is 0 Å². The molecule has 1 unspecified atom stereocenters. The first kappa shape index (κ1) is 15.3. The Morgan fingerprint density at radius 3 is 2.65 bits per heavy atom. The fourth-order valence-electron chi connectivity index (χ4n) is 2.19. The van der Waals surface area contributed by atoms with Crippen LogP contribution in [0.3, 0.4) is 0 Å². The third-order valence-corrected chi connectivity index (χ3v) is 3.55. The number of halogens is 1. The number of anilines is 1. The first-order chi connectivity index (χ1) is 11.1. The van der Waals surface area contributed by atoms with Crippen molar-refractivity contribution >= 4 is 23.3 Å². The third kappa shape index (κ3) is 3.41. The Kier molecular flexibility index (Phi) is 4.41. The number of rotatable bonds is 4. The highest BCUT2D eigenvalue weighted by Gasteiger charge is 2.18. The van der Waals surface area contributed by atoms with Gasteiger partial charge in [-0.2, -0.15) is 5.10 Å². The minimum atomic E-state index is -1.25. The molecule has 1 amide bonds. The minimum absolute atomic E-state index is 0.451. The smallest absolute Gasteiger partial charge is 0.258 e. The number of carbonyl (C=O) groups is 1. The molecule has 1 atom stereocenters. The lowest BCUT2D eigenvalue weighted by atomic mass is 10.1. The average molecular weight is 328 g/mol. The number of nitrogens with one attached hydrogen (secondary N) is 1. The zero-order chi connectivity index (χ0) is 16.2. The van der Waals surface area contributed by atoms with Gasteiger partial charge in [-0.15, -0.1) is 0 Å². The number of carbonyl (C=O) groups excluding carboxylic acids is 1. The van der Waals surface area contributed by atoms with Gasteiger partial charge in [-0.05, 0) is 23.8 Å². The fourth-order valence-corrected chi connectivity index (χ4v) is 2.38. The number of aliphatic hydroxyl groups is 1. The Bertz CT molecular complexity index is 817. The fraction of sp³-hybridized carbons (Fsp3) is 0.0588. The van der Waals surface area contributed by atoms with Gasteiger partial charge in [-0.25, -0.2) is 4.68 Å². The van der Waals surface area contributed by atoms with Crippen LogP contribution in [0.15, 0.2) is 66.9 Å². The number of amides is 1. The van der Waals surface area contributed by atoms with Crippen molar-refractivity contribution in [2.75, 3.05) is 5.32 Å². The summed E-state index contributed by atoms with van der Waals surface area (Å²) in [5, 5.41) is 17.5. The molecule has 2 aromatic carbocycles. The van der Waals surface area contributed by atoms with Crippen LogP contribution in [0.4, 0.5) is 5.82 Å². The SMILES string of the molecule is O=C(Nc1ccnn1-c1cccc(Cl)c1)C(O)c1ccccc1. The Hall–Kier alpha value is -2.63. The van der Waals surface area contributed by atoms with E-state index in [9.17, 15) is 9.90 Å². The summed E-state index contributed by atoms with van der Waals surface area (Å²) in [4.78, 5) is 12.2. The van der Waals surface area contributed by atoms with Gasteiger partial charge in [0.2, 0.25) is 0 Å². The van der Waals surface area contributed by atoms with Crippen molar-refractivity contribution in [1.29, 1.82) is 0 Å². The van der Waals surface area contributed by atoms with Crippen LogP contribution in [-0.2, 0) is 4.79 Å². The molecular weight excluding hydrogens is 314 g/mol. The second-order valence-electron chi connectivity index (χ2n) is 4.91. The molecule has 23 heavy (non-hydrogen) atoms. The van der Waals surface area contributed by atoms with Crippen molar-refractivity contribution in [2.45, 2.75) is 6.10 Å². The van der Waals surface area contributed by atoms with E-state index < -0.39 is 12.0 Å². The maximum absolute atomic E-state index is 12.2. The van der Waals surface area contributed by atoms with Crippen molar-refractivity contribution in [3.05, 3.63) is 77.4 Å². The van der Waals surface area contributed by atoms with Crippen LogP contribution in [0, 0.1) is 0 Å². The topological polar surface area (TPSA) is 67.2 Å². The standard InChI is InChI=1S/C17H14ClN3O2/c18-13-7-4-8-14(11-13)21-15(9-10-19-21)20-17(23)16(22)12-5-2-1-3-6-12/h1-11,16,22H,(H,20,23). The number of aromatic nitrogens is 2. The van der Waals surface area contributed by atoms with E-state index in [1.54, 1.807) is 59.4 Å². The monoisotopic (exact) mass is 327 g/mol. The Labute approximate surface area is 138 Å². The molecule has 2 N–H and O–H groups in total. The zero-order valence-corrected chi connectivity index (χ0v) is 12.8. The molecule has 0 saturated carbocycles. The van der Waals surface area contributed by atoms with Gasteiger partial charge in [0.1, 0.15) is 5.82 Å². The molecule has 1 heterocycles. The molecule has 6 heteroatoms. The summed E-state index contributed by atoms with van der Waals surface area (Å²) in [6.07, 6.45) is 0.310.